The molecule has 1 aromatic heterocycles. The molecule has 1 saturated carbocycles. The van der Waals surface area contributed by atoms with Gasteiger partial charge in [-0.3, -0.25) is 9.59 Å². The maximum Gasteiger partial charge on any atom is 0.268 e. The SMILES string of the molecule is CCNC(=O)C1(c2ccc3nc(N(C)C)nc(C(N)=O)c3c2)CCC1. The number of primary amides is 1. The highest BCUT2D eigenvalue weighted by atomic mass is 16.2. The number of anilines is 1. The summed E-state index contributed by atoms with van der Waals surface area (Å²) < 4.78 is 0. The van der Waals surface area contributed by atoms with Crippen LogP contribution in [0.2, 0.25) is 0 Å². The number of aromatic nitrogens is 2. The lowest BCUT2D eigenvalue weighted by Crippen LogP contribution is -2.49. The van der Waals surface area contributed by atoms with Crippen LogP contribution < -0.4 is 16.0 Å². The van der Waals surface area contributed by atoms with E-state index in [9.17, 15) is 9.59 Å². The van der Waals surface area contributed by atoms with Crippen LogP contribution in [0.4, 0.5) is 5.95 Å². The smallest absolute Gasteiger partial charge is 0.268 e. The van der Waals surface area contributed by atoms with Crippen molar-refractivity contribution in [3.05, 3.63) is 29.5 Å². The Morgan fingerprint density at radius 1 is 1.28 bits per heavy atom. The second-order valence-electron chi connectivity index (χ2n) is 6.66. The second-order valence-corrected chi connectivity index (χ2v) is 6.66. The first-order chi connectivity index (χ1) is 11.9. The minimum atomic E-state index is -0.603. The summed E-state index contributed by atoms with van der Waals surface area (Å²) in [6.45, 7) is 2.50. The first kappa shape index (κ1) is 17.1. The van der Waals surface area contributed by atoms with Gasteiger partial charge in [-0.05, 0) is 37.5 Å². The number of benzene rings is 1. The first-order valence-corrected chi connectivity index (χ1v) is 8.47. The van der Waals surface area contributed by atoms with Crippen molar-refractivity contribution in [2.75, 3.05) is 25.5 Å². The second kappa shape index (κ2) is 6.31. The van der Waals surface area contributed by atoms with Crippen LogP contribution >= 0.6 is 0 Å². The van der Waals surface area contributed by atoms with Crippen molar-refractivity contribution in [2.45, 2.75) is 31.6 Å². The van der Waals surface area contributed by atoms with Gasteiger partial charge in [-0.1, -0.05) is 12.5 Å². The minimum absolute atomic E-state index is 0.0343. The van der Waals surface area contributed by atoms with Crippen LogP contribution in [-0.2, 0) is 10.2 Å². The van der Waals surface area contributed by atoms with Gasteiger partial charge in [-0.2, -0.15) is 0 Å². The Morgan fingerprint density at radius 3 is 2.52 bits per heavy atom. The van der Waals surface area contributed by atoms with Gasteiger partial charge in [0.05, 0.1) is 10.9 Å². The van der Waals surface area contributed by atoms with Crippen molar-refractivity contribution in [3.63, 3.8) is 0 Å². The lowest BCUT2D eigenvalue weighted by molar-refractivity contribution is -0.129. The molecule has 1 aliphatic rings. The Morgan fingerprint density at radius 2 is 2.00 bits per heavy atom. The molecule has 2 amide bonds. The lowest BCUT2D eigenvalue weighted by Gasteiger charge is -2.40. The topological polar surface area (TPSA) is 101 Å². The Balaban J connectivity index is 2.16. The highest BCUT2D eigenvalue weighted by molar-refractivity contribution is 6.04. The molecule has 0 aliphatic heterocycles. The normalized spacial score (nSPS) is 15.5. The number of fused-ring (bicyclic) bond motifs is 1. The summed E-state index contributed by atoms with van der Waals surface area (Å²) in [5.74, 6) is -0.142. The van der Waals surface area contributed by atoms with Crippen LogP contribution in [0.15, 0.2) is 18.2 Å². The molecule has 132 valence electrons. The Hall–Kier alpha value is -2.70. The molecule has 0 spiro atoms. The fraction of sp³-hybridized carbons (Fsp3) is 0.444. The lowest BCUT2D eigenvalue weighted by atomic mass is 9.63. The molecule has 7 nitrogen and oxygen atoms in total. The number of rotatable bonds is 5. The van der Waals surface area contributed by atoms with Crippen LogP contribution in [0.1, 0.15) is 42.2 Å². The summed E-state index contributed by atoms with van der Waals surface area (Å²) in [6.07, 6.45) is 2.60. The summed E-state index contributed by atoms with van der Waals surface area (Å²) in [7, 11) is 3.61. The highest BCUT2D eigenvalue weighted by Gasteiger charge is 2.45. The fourth-order valence-electron chi connectivity index (χ4n) is 3.31. The van der Waals surface area contributed by atoms with Gasteiger partial charge < -0.3 is 16.0 Å². The summed E-state index contributed by atoms with van der Waals surface area (Å²) in [5.41, 5.74) is 6.72. The number of amides is 2. The van der Waals surface area contributed by atoms with Gasteiger partial charge in [0.1, 0.15) is 5.69 Å². The first-order valence-electron chi connectivity index (χ1n) is 8.47. The average molecular weight is 341 g/mol. The summed E-state index contributed by atoms with van der Waals surface area (Å²) in [4.78, 5) is 35.0. The number of carbonyl (C=O) groups excluding carboxylic acids is 2. The van der Waals surface area contributed by atoms with E-state index in [2.05, 4.69) is 15.3 Å². The van der Waals surface area contributed by atoms with E-state index in [-0.39, 0.29) is 11.6 Å². The molecule has 0 saturated heterocycles. The molecule has 0 radical (unpaired) electrons. The van der Waals surface area contributed by atoms with E-state index >= 15 is 0 Å². The molecule has 0 unspecified atom stereocenters. The van der Waals surface area contributed by atoms with Crippen LogP contribution in [-0.4, -0.2) is 42.4 Å². The zero-order valence-electron chi connectivity index (χ0n) is 14.8. The molecule has 1 heterocycles. The predicted octanol–water partition coefficient (Wildman–Crippen LogP) is 1.35. The monoisotopic (exact) mass is 341 g/mol. The van der Waals surface area contributed by atoms with Gasteiger partial charge in [-0.25, -0.2) is 9.97 Å². The maximum absolute atomic E-state index is 12.6. The van der Waals surface area contributed by atoms with Gasteiger partial charge in [0.25, 0.3) is 5.91 Å². The Kier molecular flexibility index (Phi) is 4.32. The van der Waals surface area contributed by atoms with Crippen molar-refractivity contribution < 1.29 is 9.59 Å². The Bertz CT molecular complexity index is 843. The van der Waals surface area contributed by atoms with E-state index in [4.69, 9.17) is 5.73 Å². The molecule has 7 heteroatoms. The third-order valence-electron chi connectivity index (χ3n) is 4.85. The summed E-state index contributed by atoms with van der Waals surface area (Å²) >= 11 is 0. The zero-order chi connectivity index (χ0) is 18.2. The number of nitrogens with one attached hydrogen (secondary N) is 1. The van der Waals surface area contributed by atoms with Gasteiger partial charge in [0, 0.05) is 26.0 Å². The van der Waals surface area contributed by atoms with E-state index in [0.29, 0.717) is 23.4 Å². The fourth-order valence-corrected chi connectivity index (χ4v) is 3.31. The van der Waals surface area contributed by atoms with E-state index < -0.39 is 11.3 Å². The molecule has 1 aliphatic carbocycles. The highest BCUT2D eigenvalue weighted by Crippen LogP contribution is 2.44. The van der Waals surface area contributed by atoms with Crippen LogP contribution in [0.5, 0.6) is 0 Å². The molecule has 1 aromatic carbocycles. The molecule has 1 fully saturated rings. The van der Waals surface area contributed by atoms with E-state index in [1.54, 1.807) is 19.0 Å². The molecule has 0 bridgehead atoms. The van der Waals surface area contributed by atoms with Crippen LogP contribution in [0, 0.1) is 0 Å². The van der Waals surface area contributed by atoms with E-state index in [0.717, 1.165) is 24.8 Å². The molecule has 25 heavy (non-hydrogen) atoms. The van der Waals surface area contributed by atoms with Crippen molar-refractivity contribution in [1.29, 1.82) is 0 Å². The van der Waals surface area contributed by atoms with Gasteiger partial charge in [0.15, 0.2) is 0 Å². The number of carbonyl (C=O) groups is 2. The number of hydrogen-bond donors (Lipinski definition) is 2. The van der Waals surface area contributed by atoms with E-state index in [1.807, 2.05) is 25.1 Å². The third-order valence-corrected chi connectivity index (χ3v) is 4.85. The standard InChI is InChI=1S/C18H23N5O2/c1-4-20-16(25)18(8-5-9-18)11-6-7-13-12(10-11)14(15(19)24)22-17(21-13)23(2)3/h6-7,10H,4-5,8-9H2,1-3H3,(H2,19,24)(H,20,25). The minimum Gasteiger partial charge on any atom is -0.364 e. The predicted molar refractivity (Wildman–Crippen MR) is 96.6 cm³/mol. The van der Waals surface area contributed by atoms with Gasteiger partial charge >= 0.3 is 0 Å². The van der Waals surface area contributed by atoms with Gasteiger partial charge in [-0.15, -0.1) is 0 Å². The number of nitrogens with zero attached hydrogens (tertiary/aromatic N) is 3. The average Bonchev–Trinajstić information content (AvgIpc) is 2.52. The van der Waals surface area contributed by atoms with Crippen LogP contribution in [0.3, 0.4) is 0 Å². The van der Waals surface area contributed by atoms with Crippen molar-refractivity contribution in [2.24, 2.45) is 5.73 Å². The third kappa shape index (κ3) is 2.79. The van der Waals surface area contributed by atoms with E-state index in [1.165, 1.54) is 0 Å². The molecule has 3 rings (SSSR count). The zero-order valence-corrected chi connectivity index (χ0v) is 14.8. The van der Waals surface area contributed by atoms with Crippen molar-refractivity contribution in [3.8, 4) is 0 Å². The number of hydrogen-bond acceptors (Lipinski definition) is 5. The molecular formula is C18H23N5O2. The largest absolute Gasteiger partial charge is 0.364 e. The number of nitrogens with two attached hydrogens (primary N) is 1. The molecular weight excluding hydrogens is 318 g/mol. The van der Waals surface area contributed by atoms with Crippen LogP contribution in [0.25, 0.3) is 10.9 Å². The molecule has 0 atom stereocenters. The molecule has 3 N–H and O–H groups in total. The molecule has 2 aromatic rings. The van der Waals surface area contributed by atoms with Gasteiger partial charge in [0.2, 0.25) is 11.9 Å². The Labute approximate surface area is 146 Å². The van der Waals surface area contributed by atoms with Crippen molar-refractivity contribution >= 4 is 28.7 Å². The maximum atomic E-state index is 12.6. The quantitative estimate of drug-likeness (QED) is 0.855. The van der Waals surface area contributed by atoms with Crippen molar-refractivity contribution in [1.82, 2.24) is 15.3 Å². The summed E-state index contributed by atoms with van der Waals surface area (Å²) in [5, 5.41) is 3.52. The number of likely N-dealkylation sites (N-methyl/N-ethyl adjacent to an activating group) is 1. The summed E-state index contributed by atoms with van der Waals surface area (Å²) in [6, 6.07) is 5.61.